The van der Waals surface area contributed by atoms with Gasteiger partial charge in [0.15, 0.2) is 0 Å². The summed E-state index contributed by atoms with van der Waals surface area (Å²) in [5, 5.41) is 9.87. The van der Waals surface area contributed by atoms with Crippen molar-refractivity contribution in [2.45, 2.75) is 50.7 Å². The fraction of sp³-hybridized carbons (Fsp3) is 0.900. The van der Waals surface area contributed by atoms with Crippen LogP contribution in [0.2, 0.25) is 0 Å². The molecule has 2 rings (SSSR count). The van der Waals surface area contributed by atoms with Crippen LogP contribution >= 0.6 is 0 Å². The van der Waals surface area contributed by atoms with Gasteiger partial charge in [0.05, 0.1) is 6.10 Å². The van der Waals surface area contributed by atoms with Crippen molar-refractivity contribution in [3.63, 3.8) is 0 Å². The summed E-state index contributed by atoms with van der Waals surface area (Å²) in [7, 11) is 0. The van der Waals surface area contributed by atoms with Gasteiger partial charge < -0.3 is 9.84 Å². The average molecular weight is 184 g/mol. The van der Waals surface area contributed by atoms with E-state index in [0.717, 1.165) is 19.3 Å². The maximum absolute atomic E-state index is 11.1. The number of ether oxygens (including phenoxy) is 1. The van der Waals surface area contributed by atoms with Crippen LogP contribution in [0.1, 0.15) is 39.0 Å². The van der Waals surface area contributed by atoms with Gasteiger partial charge in [-0.1, -0.05) is 13.3 Å². The second kappa shape index (κ2) is 2.98. The van der Waals surface area contributed by atoms with Gasteiger partial charge in [-0.3, -0.25) is 4.79 Å². The first-order chi connectivity index (χ1) is 6.15. The van der Waals surface area contributed by atoms with Crippen molar-refractivity contribution in [2.24, 2.45) is 5.92 Å². The van der Waals surface area contributed by atoms with Crippen LogP contribution in [0.5, 0.6) is 0 Å². The molecule has 0 aromatic heterocycles. The predicted molar refractivity (Wildman–Crippen MR) is 47.1 cm³/mol. The molecule has 2 fully saturated rings. The van der Waals surface area contributed by atoms with Crippen molar-refractivity contribution in [3.8, 4) is 0 Å². The molecule has 1 spiro atoms. The minimum Gasteiger partial charge on any atom is -0.456 e. The van der Waals surface area contributed by atoms with Crippen LogP contribution < -0.4 is 0 Å². The summed E-state index contributed by atoms with van der Waals surface area (Å²) < 4.78 is 5.33. The SMILES string of the molecule is C[C@@H]1CCC[C@H](O)[C@@]12CCC(=O)O2. The lowest BCUT2D eigenvalue weighted by atomic mass is 9.73. The molecule has 3 heteroatoms. The summed E-state index contributed by atoms with van der Waals surface area (Å²) in [6.45, 7) is 2.07. The van der Waals surface area contributed by atoms with E-state index in [1.807, 2.05) is 0 Å². The third kappa shape index (κ3) is 1.26. The van der Waals surface area contributed by atoms with Crippen LogP contribution in [0.25, 0.3) is 0 Å². The highest BCUT2D eigenvalue weighted by molar-refractivity contribution is 5.72. The van der Waals surface area contributed by atoms with E-state index in [1.165, 1.54) is 0 Å². The van der Waals surface area contributed by atoms with Crippen molar-refractivity contribution in [1.29, 1.82) is 0 Å². The van der Waals surface area contributed by atoms with Crippen molar-refractivity contribution in [3.05, 3.63) is 0 Å². The number of carbonyl (C=O) groups excluding carboxylic acids is 1. The van der Waals surface area contributed by atoms with Crippen molar-refractivity contribution < 1.29 is 14.6 Å². The van der Waals surface area contributed by atoms with Crippen molar-refractivity contribution in [2.75, 3.05) is 0 Å². The van der Waals surface area contributed by atoms with E-state index in [2.05, 4.69) is 6.92 Å². The lowest BCUT2D eigenvalue weighted by Crippen LogP contribution is -2.50. The van der Waals surface area contributed by atoms with E-state index in [4.69, 9.17) is 4.74 Å². The Kier molecular flexibility index (Phi) is 2.06. The van der Waals surface area contributed by atoms with E-state index >= 15 is 0 Å². The summed E-state index contributed by atoms with van der Waals surface area (Å²) in [6, 6.07) is 0. The third-order valence-electron chi connectivity index (χ3n) is 3.54. The molecule has 0 unspecified atom stereocenters. The molecule has 2 aliphatic rings. The molecule has 0 aromatic carbocycles. The van der Waals surface area contributed by atoms with Crippen molar-refractivity contribution in [1.82, 2.24) is 0 Å². The normalized spacial score (nSPS) is 45.2. The zero-order chi connectivity index (χ0) is 9.47. The molecule has 13 heavy (non-hydrogen) atoms. The molecule has 3 atom stereocenters. The average Bonchev–Trinajstić information content (AvgIpc) is 2.46. The molecule has 1 heterocycles. The monoisotopic (exact) mass is 184 g/mol. The lowest BCUT2D eigenvalue weighted by Gasteiger charge is -2.41. The molecule has 0 radical (unpaired) electrons. The van der Waals surface area contributed by atoms with Crippen LogP contribution in [-0.4, -0.2) is 22.8 Å². The summed E-state index contributed by atoms with van der Waals surface area (Å²) in [5.74, 6) is 0.163. The van der Waals surface area contributed by atoms with Gasteiger partial charge in [0.2, 0.25) is 0 Å². The Morgan fingerprint density at radius 2 is 2.31 bits per heavy atom. The quantitative estimate of drug-likeness (QED) is 0.576. The zero-order valence-corrected chi connectivity index (χ0v) is 7.95. The second-order valence-electron chi connectivity index (χ2n) is 4.28. The number of hydrogen-bond donors (Lipinski definition) is 1. The Labute approximate surface area is 78.1 Å². The maximum Gasteiger partial charge on any atom is 0.306 e. The summed E-state index contributed by atoms with van der Waals surface area (Å²) in [5.41, 5.74) is -0.532. The fourth-order valence-electron chi connectivity index (χ4n) is 2.63. The number of aliphatic hydroxyl groups excluding tert-OH is 1. The topological polar surface area (TPSA) is 46.5 Å². The molecular formula is C10H16O3. The molecule has 0 amide bonds. The van der Waals surface area contributed by atoms with Gasteiger partial charge in [0.25, 0.3) is 0 Å². The van der Waals surface area contributed by atoms with Gasteiger partial charge >= 0.3 is 5.97 Å². The Balaban J connectivity index is 2.21. The smallest absolute Gasteiger partial charge is 0.306 e. The van der Waals surface area contributed by atoms with Crippen LogP contribution in [-0.2, 0) is 9.53 Å². The second-order valence-corrected chi connectivity index (χ2v) is 4.28. The minimum atomic E-state index is -0.532. The van der Waals surface area contributed by atoms with Crippen molar-refractivity contribution >= 4 is 5.97 Å². The first kappa shape index (κ1) is 9.00. The van der Waals surface area contributed by atoms with E-state index in [0.29, 0.717) is 18.8 Å². The highest BCUT2D eigenvalue weighted by Crippen LogP contribution is 2.43. The Bertz CT molecular complexity index is 214. The number of rotatable bonds is 0. The third-order valence-corrected chi connectivity index (χ3v) is 3.54. The number of esters is 1. The van der Waals surface area contributed by atoms with E-state index < -0.39 is 11.7 Å². The number of aliphatic hydroxyl groups is 1. The maximum atomic E-state index is 11.1. The number of hydrogen-bond acceptors (Lipinski definition) is 3. The first-order valence-electron chi connectivity index (χ1n) is 5.05. The standard InChI is InChI=1S/C10H16O3/c1-7-3-2-4-8(11)10(7)6-5-9(12)13-10/h7-8,11H,2-6H2,1H3/t7-,8+,10-/m1/s1. The van der Waals surface area contributed by atoms with E-state index in [9.17, 15) is 9.90 Å². The predicted octanol–water partition coefficient (Wildman–Crippen LogP) is 1.24. The molecule has 0 aromatic rings. The van der Waals surface area contributed by atoms with E-state index in [-0.39, 0.29) is 5.97 Å². The fourth-order valence-corrected chi connectivity index (χ4v) is 2.63. The van der Waals surface area contributed by atoms with Crippen LogP contribution in [0.3, 0.4) is 0 Å². The Morgan fingerprint density at radius 1 is 1.54 bits per heavy atom. The Hall–Kier alpha value is -0.570. The molecule has 74 valence electrons. The van der Waals surface area contributed by atoms with Crippen LogP contribution in [0.4, 0.5) is 0 Å². The molecule has 3 nitrogen and oxygen atoms in total. The van der Waals surface area contributed by atoms with Gasteiger partial charge in [-0.2, -0.15) is 0 Å². The molecule has 1 saturated heterocycles. The zero-order valence-electron chi connectivity index (χ0n) is 7.95. The molecule has 1 N–H and O–H groups in total. The Morgan fingerprint density at radius 3 is 2.85 bits per heavy atom. The van der Waals surface area contributed by atoms with Gasteiger partial charge in [-0.15, -0.1) is 0 Å². The molecule has 0 bridgehead atoms. The van der Waals surface area contributed by atoms with Gasteiger partial charge in [0, 0.05) is 12.8 Å². The lowest BCUT2D eigenvalue weighted by molar-refractivity contribution is -0.173. The summed E-state index contributed by atoms with van der Waals surface area (Å²) >= 11 is 0. The van der Waals surface area contributed by atoms with E-state index in [1.54, 1.807) is 0 Å². The van der Waals surface area contributed by atoms with Crippen LogP contribution in [0.15, 0.2) is 0 Å². The van der Waals surface area contributed by atoms with Gasteiger partial charge in [-0.05, 0) is 18.8 Å². The molecule has 1 aliphatic heterocycles. The molecular weight excluding hydrogens is 168 g/mol. The summed E-state index contributed by atoms with van der Waals surface area (Å²) in [6.07, 6.45) is 3.61. The molecule has 1 aliphatic carbocycles. The number of carbonyl (C=O) groups is 1. The largest absolute Gasteiger partial charge is 0.456 e. The minimum absolute atomic E-state index is 0.146. The summed E-state index contributed by atoms with van der Waals surface area (Å²) in [4.78, 5) is 11.1. The molecule has 1 saturated carbocycles. The highest BCUT2D eigenvalue weighted by atomic mass is 16.6. The highest BCUT2D eigenvalue weighted by Gasteiger charge is 2.51. The van der Waals surface area contributed by atoms with Crippen LogP contribution in [0, 0.1) is 5.92 Å². The first-order valence-corrected chi connectivity index (χ1v) is 5.05. The van der Waals surface area contributed by atoms with Gasteiger partial charge in [0.1, 0.15) is 5.60 Å². The van der Waals surface area contributed by atoms with Gasteiger partial charge in [-0.25, -0.2) is 0 Å².